The molecule has 0 bridgehead atoms. The first kappa shape index (κ1) is 13.7. The summed E-state index contributed by atoms with van der Waals surface area (Å²) < 4.78 is 0. The predicted octanol–water partition coefficient (Wildman–Crippen LogP) is 0.836. The van der Waals surface area contributed by atoms with Gasteiger partial charge in [0.25, 0.3) is 0 Å². The van der Waals surface area contributed by atoms with Crippen molar-refractivity contribution in [3.8, 4) is 0 Å². The molecule has 1 amide bonds. The molecule has 0 radical (unpaired) electrons. The second-order valence-electron chi connectivity index (χ2n) is 3.97. The number of hydrogen-bond donors (Lipinski definition) is 3. The van der Waals surface area contributed by atoms with Crippen molar-refractivity contribution in [3.63, 3.8) is 0 Å². The van der Waals surface area contributed by atoms with Crippen LogP contribution in [-0.4, -0.2) is 30.6 Å². The highest BCUT2D eigenvalue weighted by Gasteiger charge is 2.05. The Kier molecular flexibility index (Phi) is 6.29. The molecule has 0 heterocycles. The first-order valence-corrected chi connectivity index (χ1v) is 5.88. The fraction of sp³-hybridized carbons (Fsp3) is 0.462. The summed E-state index contributed by atoms with van der Waals surface area (Å²) in [6.45, 7) is 3.49. The van der Waals surface area contributed by atoms with Gasteiger partial charge in [0.05, 0.1) is 6.10 Å². The summed E-state index contributed by atoms with van der Waals surface area (Å²) in [6.07, 6.45) is 0.387. The Bertz CT molecular complexity index is 327. The zero-order valence-electron chi connectivity index (χ0n) is 10.1. The van der Waals surface area contributed by atoms with E-state index >= 15 is 0 Å². The fourth-order valence-electron chi connectivity index (χ4n) is 1.51. The van der Waals surface area contributed by atoms with Crippen LogP contribution in [0.1, 0.15) is 25.0 Å². The highest BCUT2D eigenvalue weighted by atomic mass is 16.3. The molecule has 1 rings (SSSR count). The van der Waals surface area contributed by atoms with Gasteiger partial charge in [-0.3, -0.25) is 4.79 Å². The van der Waals surface area contributed by atoms with Gasteiger partial charge in [-0.2, -0.15) is 0 Å². The number of rotatable bonds is 7. The zero-order chi connectivity index (χ0) is 12.5. The Morgan fingerprint density at radius 1 is 1.29 bits per heavy atom. The van der Waals surface area contributed by atoms with Crippen molar-refractivity contribution in [2.45, 2.75) is 19.4 Å². The quantitative estimate of drug-likeness (QED) is 0.615. The van der Waals surface area contributed by atoms with Crippen LogP contribution in [0.4, 0.5) is 0 Å². The second kappa shape index (κ2) is 7.81. The minimum atomic E-state index is -0.475. The minimum Gasteiger partial charge on any atom is -0.387 e. The molecule has 0 aromatic heterocycles. The summed E-state index contributed by atoms with van der Waals surface area (Å²) in [5, 5.41) is 15.7. The fourth-order valence-corrected chi connectivity index (χ4v) is 1.51. The minimum absolute atomic E-state index is 0.00526. The molecular formula is C13H20N2O2. The molecule has 0 aliphatic rings. The molecule has 94 valence electrons. The van der Waals surface area contributed by atoms with Gasteiger partial charge in [-0.15, -0.1) is 0 Å². The van der Waals surface area contributed by atoms with Crippen LogP contribution in [-0.2, 0) is 4.79 Å². The van der Waals surface area contributed by atoms with Gasteiger partial charge in [-0.05, 0) is 18.5 Å². The molecule has 0 saturated carbocycles. The average Bonchev–Trinajstić information content (AvgIpc) is 2.34. The lowest BCUT2D eigenvalue weighted by molar-refractivity contribution is -0.118. The molecule has 3 N–H and O–H groups in total. The Morgan fingerprint density at radius 2 is 2.00 bits per heavy atom. The summed E-state index contributed by atoms with van der Waals surface area (Å²) >= 11 is 0. The molecule has 0 aliphatic heterocycles. The van der Waals surface area contributed by atoms with E-state index in [1.165, 1.54) is 6.92 Å². The molecule has 1 aromatic rings. The third-order valence-electron chi connectivity index (χ3n) is 2.43. The third kappa shape index (κ3) is 6.04. The van der Waals surface area contributed by atoms with E-state index < -0.39 is 6.10 Å². The first-order chi connectivity index (χ1) is 8.20. The summed E-state index contributed by atoms with van der Waals surface area (Å²) in [7, 11) is 0. The summed E-state index contributed by atoms with van der Waals surface area (Å²) in [5.74, 6) is -0.00526. The number of carbonyl (C=O) groups excluding carboxylic acids is 1. The Hall–Kier alpha value is -1.39. The lowest BCUT2D eigenvalue weighted by Gasteiger charge is -2.12. The van der Waals surface area contributed by atoms with Gasteiger partial charge >= 0.3 is 0 Å². The standard InChI is InChI=1S/C13H20N2O2/c1-11(16)15-9-5-8-14-10-13(17)12-6-3-2-4-7-12/h2-4,6-7,13-14,17H,5,8-10H2,1H3,(H,15,16). The molecule has 17 heavy (non-hydrogen) atoms. The lowest BCUT2D eigenvalue weighted by atomic mass is 10.1. The smallest absolute Gasteiger partial charge is 0.216 e. The molecule has 0 saturated heterocycles. The molecule has 4 nitrogen and oxygen atoms in total. The van der Waals surface area contributed by atoms with Crippen LogP contribution in [0.25, 0.3) is 0 Å². The van der Waals surface area contributed by atoms with Gasteiger partial charge in [0.1, 0.15) is 0 Å². The molecule has 4 heteroatoms. The Balaban J connectivity index is 2.09. The highest BCUT2D eigenvalue weighted by molar-refractivity contribution is 5.72. The van der Waals surface area contributed by atoms with Gasteiger partial charge in [0, 0.05) is 20.0 Å². The monoisotopic (exact) mass is 236 g/mol. The number of hydrogen-bond acceptors (Lipinski definition) is 3. The van der Waals surface area contributed by atoms with Gasteiger partial charge in [-0.25, -0.2) is 0 Å². The Morgan fingerprint density at radius 3 is 2.65 bits per heavy atom. The van der Waals surface area contributed by atoms with Crippen molar-refractivity contribution in [1.82, 2.24) is 10.6 Å². The maximum atomic E-state index is 10.6. The van der Waals surface area contributed by atoms with Crippen molar-refractivity contribution in [3.05, 3.63) is 35.9 Å². The van der Waals surface area contributed by atoms with Crippen LogP contribution in [0, 0.1) is 0 Å². The van der Waals surface area contributed by atoms with Crippen LogP contribution in [0.5, 0.6) is 0 Å². The van der Waals surface area contributed by atoms with Crippen LogP contribution in [0.2, 0.25) is 0 Å². The molecular weight excluding hydrogens is 216 g/mol. The van der Waals surface area contributed by atoms with Crippen LogP contribution in [0.3, 0.4) is 0 Å². The van der Waals surface area contributed by atoms with E-state index in [-0.39, 0.29) is 5.91 Å². The number of benzene rings is 1. The van der Waals surface area contributed by atoms with Crippen LogP contribution in [0.15, 0.2) is 30.3 Å². The van der Waals surface area contributed by atoms with E-state index in [1.54, 1.807) is 0 Å². The van der Waals surface area contributed by atoms with E-state index in [0.29, 0.717) is 13.1 Å². The number of aliphatic hydroxyl groups excluding tert-OH is 1. The largest absolute Gasteiger partial charge is 0.387 e. The summed E-state index contributed by atoms with van der Waals surface area (Å²) in [6, 6.07) is 9.56. The molecule has 0 fully saturated rings. The molecule has 0 aliphatic carbocycles. The normalized spacial score (nSPS) is 12.1. The first-order valence-electron chi connectivity index (χ1n) is 5.88. The van der Waals surface area contributed by atoms with E-state index in [2.05, 4.69) is 10.6 Å². The van der Waals surface area contributed by atoms with Gasteiger partial charge < -0.3 is 15.7 Å². The second-order valence-corrected chi connectivity index (χ2v) is 3.97. The Labute approximate surface area is 102 Å². The van der Waals surface area contributed by atoms with Crippen molar-refractivity contribution < 1.29 is 9.90 Å². The topological polar surface area (TPSA) is 61.4 Å². The molecule has 1 atom stereocenters. The lowest BCUT2D eigenvalue weighted by Crippen LogP contribution is -2.27. The summed E-state index contributed by atoms with van der Waals surface area (Å²) in [4.78, 5) is 10.6. The maximum Gasteiger partial charge on any atom is 0.216 e. The van der Waals surface area contributed by atoms with Crippen molar-refractivity contribution in [2.24, 2.45) is 0 Å². The highest BCUT2D eigenvalue weighted by Crippen LogP contribution is 2.10. The van der Waals surface area contributed by atoms with Gasteiger partial charge in [0.2, 0.25) is 5.91 Å². The third-order valence-corrected chi connectivity index (χ3v) is 2.43. The van der Waals surface area contributed by atoms with Crippen LogP contribution < -0.4 is 10.6 Å². The number of aliphatic hydroxyl groups is 1. The van der Waals surface area contributed by atoms with Crippen LogP contribution >= 0.6 is 0 Å². The number of amides is 1. The predicted molar refractivity (Wildman–Crippen MR) is 67.6 cm³/mol. The average molecular weight is 236 g/mol. The molecule has 1 aromatic carbocycles. The van der Waals surface area contributed by atoms with Crippen molar-refractivity contribution in [1.29, 1.82) is 0 Å². The summed E-state index contributed by atoms with van der Waals surface area (Å²) in [5.41, 5.74) is 0.918. The van der Waals surface area contributed by atoms with Crippen molar-refractivity contribution >= 4 is 5.91 Å². The van der Waals surface area contributed by atoms with Gasteiger partial charge in [-0.1, -0.05) is 30.3 Å². The van der Waals surface area contributed by atoms with Crippen molar-refractivity contribution in [2.75, 3.05) is 19.6 Å². The van der Waals surface area contributed by atoms with E-state index in [0.717, 1.165) is 18.5 Å². The molecule has 1 unspecified atom stereocenters. The van der Waals surface area contributed by atoms with E-state index in [9.17, 15) is 9.90 Å². The number of carbonyl (C=O) groups is 1. The van der Waals surface area contributed by atoms with Gasteiger partial charge in [0.15, 0.2) is 0 Å². The SMILES string of the molecule is CC(=O)NCCCNCC(O)c1ccccc1. The molecule has 0 spiro atoms. The van der Waals surface area contributed by atoms with E-state index in [4.69, 9.17) is 0 Å². The number of nitrogens with one attached hydrogen (secondary N) is 2. The maximum absolute atomic E-state index is 10.6. The van der Waals surface area contributed by atoms with E-state index in [1.807, 2.05) is 30.3 Å². The zero-order valence-corrected chi connectivity index (χ0v) is 10.1.